The van der Waals surface area contributed by atoms with Gasteiger partial charge in [0.2, 0.25) is 0 Å². The molecule has 106 valence electrons. The van der Waals surface area contributed by atoms with Crippen LogP contribution in [-0.4, -0.2) is 20.7 Å². The summed E-state index contributed by atoms with van der Waals surface area (Å²) >= 11 is 0. The monoisotopic (exact) mass is 283 g/mol. The van der Waals surface area contributed by atoms with E-state index in [0.717, 1.165) is 11.1 Å². The summed E-state index contributed by atoms with van der Waals surface area (Å²) in [5, 5.41) is 4.04. The van der Waals surface area contributed by atoms with E-state index in [-0.39, 0.29) is 12.6 Å². The number of nitrogens with zero attached hydrogens (tertiary/aromatic N) is 3. The highest BCUT2D eigenvalue weighted by atomic mass is 16.5. The Balaban J connectivity index is 1.73. The number of benzene rings is 1. The quantitative estimate of drug-likeness (QED) is 0.672. The summed E-state index contributed by atoms with van der Waals surface area (Å²) in [7, 11) is 0. The molecule has 0 atom stereocenters. The van der Waals surface area contributed by atoms with Crippen molar-refractivity contribution in [2.75, 3.05) is 0 Å². The molecule has 0 spiro atoms. The fourth-order valence-corrected chi connectivity index (χ4v) is 1.95. The molecule has 0 radical (unpaired) electrons. The summed E-state index contributed by atoms with van der Waals surface area (Å²) in [6.07, 6.45) is 6.16. The summed E-state index contributed by atoms with van der Waals surface area (Å²) in [4.78, 5) is 16.1. The Labute approximate surface area is 121 Å². The second-order valence-electron chi connectivity index (χ2n) is 4.46. The molecule has 0 bridgehead atoms. The van der Waals surface area contributed by atoms with Gasteiger partial charge in [0, 0.05) is 5.56 Å². The number of rotatable bonds is 5. The lowest BCUT2D eigenvalue weighted by atomic mass is 10.1. The van der Waals surface area contributed by atoms with Crippen molar-refractivity contribution >= 4 is 5.97 Å². The number of hydrogen-bond donors (Lipinski definition) is 0. The number of carbonyl (C=O) groups is 1. The molecule has 0 N–H and O–H groups in total. The highest BCUT2D eigenvalue weighted by Gasteiger charge is 2.13. The lowest BCUT2D eigenvalue weighted by Crippen LogP contribution is -2.11. The van der Waals surface area contributed by atoms with Gasteiger partial charge in [0.05, 0.1) is 24.6 Å². The van der Waals surface area contributed by atoms with Crippen molar-refractivity contribution in [1.82, 2.24) is 14.8 Å². The minimum absolute atomic E-state index is 0.187. The van der Waals surface area contributed by atoms with Crippen LogP contribution >= 0.6 is 0 Å². The van der Waals surface area contributed by atoms with Gasteiger partial charge in [0.15, 0.2) is 0 Å². The highest BCUT2D eigenvalue weighted by molar-refractivity contribution is 5.91. The van der Waals surface area contributed by atoms with E-state index in [1.54, 1.807) is 41.7 Å². The molecule has 0 saturated carbocycles. The van der Waals surface area contributed by atoms with Crippen molar-refractivity contribution in [2.45, 2.75) is 13.2 Å². The second kappa shape index (κ2) is 6.04. The van der Waals surface area contributed by atoms with Gasteiger partial charge in [-0.15, -0.1) is 0 Å². The van der Waals surface area contributed by atoms with Crippen molar-refractivity contribution in [3.05, 3.63) is 72.2 Å². The predicted molar refractivity (Wildman–Crippen MR) is 73.4 cm³/mol. The van der Waals surface area contributed by atoms with Gasteiger partial charge < -0.3 is 9.15 Å². The Bertz CT molecular complexity index is 706. The molecule has 0 aliphatic heterocycles. The van der Waals surface area contributed by atoms with Crippen LogP contribution in [0.15, 0.2) is 59.9 Å². The Morgan fingerprint density at radius 3 is 2.95 bits per heavy atom. The third-order valence-electron chi connectivity index (χ3n) is 2.99. The maximum absolute atomic E-state index is 12.2. The van der Waals surface area contributed by atoms with Gasteiger partial charge >= 0.3 is 5.97 Å². The number of hydrogen-bond acceptors (Lipinski definition) is 5. The summed E-state index contributed by atoms with van der Waals surface area (Å²) in [6.45, 7) is 0.657. The van der Waals surface area contributed by atoms with Gasteiger partial charge in [-0.3, -0.25) is 0 Å². The number of furan rings is 1. The van der Waals surface area contributed by atoms with Crippen LogP contribution in [-0.2, 0) is 17.9 Å². The average molecular weight is 283 g/mol. The molecule has 3 rings (SSSR count). The van der Waals surface area contributed by atoms with Crippen LogP contribution in [0.4, 0.5) is 0 Å². The van der Waals surface area contributed by atoms with E-state index in [9.17, 15) is 4.79 Å². The predicted octanol–water partition coefficient (Wildman–Crippen LogP) is 2.28. The molecule has 0 aliphatic rings. The van der Waals surface area contributed by atoms with Crippen LogP contribution in [0, 0.1) is 0 Å². The Morgan fingerprint density at radius 2 is 2.19 bits per heavy atom. The molecule has 2 aromatic heterocycles. The molecule has 0 fully saturated rings. The fraction of sp³-hybridized carbons (Fsp3) is 0.133. The standard InChI is InChI=1S/C15H13N3O3/c19-15(21-9-12-5-6-20-8-12)14-4-2-1-3-13(14)7-18-11-16-10-17-18/h1-6,8,10-11H,7,9H2. The third kappa shape index (κ3) is 3.17. The Morgan fingerprint density at radius 1 is 1.29 bits per heavy atom. The van der Waals surface area contributed by atoms with Crippen LogP contribution in [0.2, 0.25) is 0 Å². The van der Waals surface area contributed by atoms with E-state index in [4.69, 9.17) is 9.15 Å². The van der Waals surface area contributed by atoms with E-state index in [0.29, 0.717) is 12.1 Å². The SMILES string of the molecule is O=C(OCc1ccoc1)c1ccccc1Cn1cncn1. The summed E-state index contributed by atoms with van der Waals surface area (Å²) in [5.41, 5.74) is 2.17. The van der Waals surface area contributed by atoms with Gasteiger partial charge in [-0.2, -0.15) is 5.10 Å². The van der Waals surface area contributed by atoms with Crippen LogP contribution < -0.4 is 0 Å². The number of aromatic nitrogens is 3. The van der Waals surface area contributed by atoms with E-state index in [1.165, 1.54) is 6.33 Å². The van der Waals surface area contributed by atoms with E-state index in [2.05, 4.69) is 10.1 Å². The van der Waals surface area contributed by atoms with Crippen LogP contribution in [0.25, 0.3) is 0 Å². The summed E-state index contributed by atoms with van der Waals surface area (Å²) < 4.78 is 11.9. The number of esters is 1. The average Bonchev–Trinajstić information content (AvgIpc) is 3.18. The Kier molecular flexibility index (Phi) is 3.77. The van der Waals surface area contributed by atoms with Crippen molar-refractivity contribution in [1.29, 1.82) is 0 Å². The Hall–Kier alpha value is -2.89. The zero-order chi connectivity index (χ0) is 14.5. The van der Waals surface area contributed by atoms with E-state index in [1.807, 2.05) is 12.1 Å². The molecular formula is C15H13N3O3. The van der Waals surface area contributed by atoms with Crippen LogP contribution in [0.1, 0.15) is 21.5 Å². The molecule has 0 unspecified atom stereocenters. The van der Waals surface area contributed by atoms with Crippen LogP contribution in [0.3, 0.4) is 0 Å². The zero-order valence-corrected chi connectivity index (χ0v) is 11.2. The second-order valence-corrected chi connectivity index (χ2v) is 4.46. The molecule has 6 heteroatoms. The van der Waals surface area contributed by atoms with Crippen LogP contribution in [0.5, 0.6) is 0 Å². The summed E-state index contributed by atoms with van der Waals surface area (Å²) in [6, 6.07) is 9.05. The molecule has 6 nitrogen and oxygen atoms in total. The molecule has 2 heterocycles. The van der Waals surface area contributed by atoms with Crippen molar-refractivity contribution in [3.8, 4) is 0 Å². The molecule has 3 aromatic rings. The minimum Gasteiger partial charge on any atom is -0.472 e. The van der Waals surface area contributed by atoms with Gasteiger partial charge in [-0.1, -0.05) is 18.2 Å². The van der Waals surface area contributed by atoms with Gasteiger partial charge in [-0.25, -0.2) is 14.5 Å². The topological polar surface area (TPSA) is 70.2 Å². The minimum atomic E-state index is -0.369. The molecule has 21 heavy (non-hydrogen) atoms. The molecule has 0 amide bonds. The molecular weight excluding hydrogens is 270 g/mol. The van der Waals surface area contributed by atoms with Crippen molar-refractivity contribution < 1.29 is 13.9 Å². The van der Waals surface area contributed by atoms with Crippen molar-refractivity contribution in [2.24, 2.45) is 0 Å². The molecule has 0 saturated heterocycles. The first kappa shape index (κ1) is 13.1. The smallest absolute Gasteiger partial charge is 0.338 e. The maximum Gasteiger partial charge on any atom is 0.338 e. The van der Waals surface area contributed by atoms with Gasteiger partial charge in [-0.05, 0) is 17.7 Å². The number of ether oxygens (including phenoxy) is 1. The van der Waals surface area contributed by atoms with E-state index < -0.39 is 0 Å². The van der Waals surface area contributed by atoms with Gasteiger partial charge in [0.25, 0.3) is 0 Å². The van der Waals surface area contributed by atoms with Gasteiger partial charge in [0.1, 0.15) is 19.3 Å². The third-order valence-corrected chi connectivity index (χ3v) is 2.99. The molecule has 0 aliphatic carbocycles. The number of carbonyl (C=O) groups excluding carboxylic acids is 1. The highest BCUT2D eigenvalue weighted by Crippen LogP contribution is 2.13. The summed E-state index contributed by atoms with van der Waals surface area (Å²) in [5.74, 6) is -0.369. The fourth-order valence-electron chi connectivity index (χ4n) is 1.95. The first-order valence-corrected chi connectivity index (χ1v) is 6.41. The first-order chi connectivity index (χ1) is 10.3. The lowest BCUT2D eigenvalue weighted by molar-refractivity contribution is 0.0470. The van der Waals surface area contributed by atoms with E-state index >= 15 is 0 Å². The lowest BCUT2D eigenvalue weighted by Gasteiger charge is -2.09. The maximum atomic E-state index is 12.2. The molecule has 1 aromatic carbocycles. The largest absolute Gasteiger partial charge is 0.472 e. The zero-order valence-electron chi connectivity index (χ0n) is 11.2. The first-order valence-electron chi connectivity index (χ1n) is 6.41. The van der Waals surface area contributed by atoms with Crippen molar-refractivity contribution in [3.63, 3.8) is 0 Å². The normalized spacial score (nSPS) is 10.5.